The number of carbonyl (C=O) groups excluding carboxylic acids is 1. The van der Waals surface area contributed by atoms with Crippen LogP contribution in [-0.4, -0.2) is 79.7 Å². The average Bonchev–Trinajstić information content (AvgIpc) is 3.62. The number of sulfonamides is 1. The Morgan fingerprint density at radius 1 is 1.24 bits per heavy atom. The van der Waals surface area contributed by atoms with Crippen LogP contribution in [0.2, 0.25) is 0 Å². The first-order chi connectivity index (χ1) is 21.4. The molecule has 0 radical (unpaired) electrons. The molecule has 0 saturated carbocycles. The first kappa shape index (κ1) is 34.3. The zero-order chi connectivity index (χ0) is 32.6. The van der Waals surface area contributed by atoms with Crippen molar-refractivity contribution in [3.63, 3.8) is 0 Å². The van der Waals surface area contributed by atoms with Crippen LogP contribution in [0.3, 0.4) is 0 Å². The fraction of sp³-hybridized carbons (Fsp3) is 0.548. The number of fused-ring (bicyclic) bond motifs is 1. The second-order valence-corrected chi connectivity index (χ2v) is 14.1. The number of amides is 1. The Hall–Kier alpha value is -3.61. The van der Waals surface area contributed by atoms with E-state index in [1.165, 1.54) is 18.2 Å². The summed E-state index contributed by atoms with van der Waals surface area (Å²) in [7, 11) is -4.35. The summed E-state index contributed by atoms with van der Waals surface area (Å²) >= 11 is 0. The van der Waals surface area contributed by atoms with Gasteiger partial charge in [-0.05, 0) is 42.7 Å². The molecule has 2 aromatic carbocycles. The number of hydrogen-bond acceptors (Lipinski definition) is 10. The number of benzene rings is 2. The quantitative estimate of drug-likeness (QED) is 0.165. The third kappa shape index (κ3) is 9.21. The highest BCUT2D eigenvalue weighted by atomic mass is 32.2. The van der Waals surface area contributed by atoms with Crippen LogP contribution in [0.25, 0.3) is 0 Å². The average molecular weight is 645 g/mol. The molecular formula is C31H40N4O9S. The summed E-state index contributed by atoms with van der Waals surface area (Å²) in [6.07, 6.45) is -0.899. The van der Waals surface area contributed by atoms with Gasteiger partial charge in [0.25, 0.3) is 5.69 Å². The second-order valence-electron chi connectivity index (χ2n) is 12.2. The molecule has 2 fully saturated rings. The first-order valence-electron chi connectivity index (χ1n) is 14.9. The number of alkyl carbamates (subject to hydrolysis) is 1. The number of aliphatic hydroxyl groups excluding tert-OH is 1. The van der Waals surface area contributed by atoms with E-state index >= 15 is 0 Å². The molecule has 244 valence electrons. The first-order valence-corrected chi connectivity index (χ1v) is 16.4. The number of carbonyl (C=O) groups is 1. The zero-order valence-electron chi connectivity index (χ0n) is 25.4. The van der Waals surface area contributed by atoms with Crippen LogP contribution < -0.4 is 5.32 Å². The van der Waals surface area contributed by atoms with Gasteiger partial charge in [-0.25, -0.2) is 13.2 Å². The van der Waals surface area contributed by atoms with Crippen LogP contribution in [0.1, 0.15) is 45.1 Å². The molecule has 13 nitrogen and oxygen atoms in total. The van der Waals surface area contributed by atoms with Crippen molar-refractivity contribution >= 4 is 21.8 Å². The van der Waals surface area contributed by atoms with Gasteiger partial charge in [0.2, 0.25) is 10.0 Å². The highest BCUT2D eigenvalue weighted by Gasteiger charge is 2.44. The third-order valence-electron chi connectivity index (χ3n) is 8.11. The molecule has 2 saturated heterocycles. The molecule has 14 heteroatoms. The fourth-order valence-electron chi connectivity index (χ4n) is 5.71. The minimum absolute atomic E-state index is 0.0501. The molecule has 0 aliphatic carbocycles. The summed E-state index contributed by atoms with van der Waals surface area (Å²) < 4.78 is 45.8. The summed E-state index contributed by atoms with van der Waals surface area (Å²) in [5.41, 5.74) is -0.212. The summed E-state index contributed by atoms with van der Waals surface area (Å²) in [5.74, 6) is -0.0907. The number of rotatable bonds is 15. The monoisotopic (exact) mass is 644 g/mol. The summed E-state index contributed by atoms with van der Waals surface area (Å²) in [6.45, 7) is 3.93. The third-order valence-corrected chi connectivity index (χ3v) is 9.92. The molecule has 2 aliphatic heterocycles. The van der Waals surface area contributed by atoms with E-state index in [0.29, 0.717) is 32.3 Å². The number of nitriles is 1. The highest BCUT2D eigenvalue weighted by Crippen LogP contribution is 2.33. The lowest BCUT2D eigenvalue weighted by Gasteiger charge is -2.35. The van der Waals surface area contributed by atoms with Crippen LogP contribution in [-0.2, 0) is 30.7 Å². The predicted octanol–water partition coefficient (Wildman–Crippen LogP) is 3.77. The molecule has 0 spiro atoms. The summed E-state index contributed by atoms with van der Waals surface area (Å²) in [4.78, 5) is 23.6. The van der Waals surface area contributed by atoms with Crippen LogP contribution in [0.4, 0.5) is 10.5 Å². The number of nitrogens with zero attached hydrogens (tertiary/aromatic N) is 3. The number of aliphatic hydroxyl groups is 1. The maximum atomic E-state index is 14.0. The zero-order valence-corrected chi connectivity index (χ0v) is 26.2. The van der Waals surface area contributed by atoms with Crippen LogP contribution >= 0.6 is 0 Å². The number of hydrogen-bond donors (Lipinski definition) is 2. The standard InChI is InChI=1S/C31H40N4O9S/c1-31(2,14-6-7-15-32)21-34(45(40,41)24-12-8-11-23(18-24)35(38)39)19-27(36)26(17-22-9-4-3-5-10-22)33-30(37)44-28-20-43-29-25(28)13-16-42-29/h3-5,8-12,18,25-29,36H,6-7,13-14,16-17,19-21H2,1-2H3,(H,33,37)/t25-,26-,27-,28-,29+/m0/s1. The van der Waals surface area contributed by atoms with Gasteiger partial charge in [0, 0.05) is 31.6 Å². The topological polar surface area (TPSA) is 181 Å². The molecular weight excluding hydrogens is 604 g/mol. The van der Waals surface area contributed by atoms with E-state index in [1.807, 2.05) is 44.2 Å². The minimum atomic E-state index is -4.35. The van der Waals surface area contributed by atoms with Crippen molar-refractivity contribution in [2.24, 2.45) is 11.3 Å². The Balaban J connectivity index is 1.59. The molecule has 1 amide bonds. The van der Waals surface area contributed by atoms with E-state index < -0.39 is 57.5 Å². The lowest BCUT2D eigenvalue weighted by molar-refractivity contribution is -0.385. The molecule has 5 atom stereocenters. The van der Waals surface area contributed by atoms with Crippen LogP contribution in [0.5, 0.6) is 0 Å². The maximum absolute atomic E-state index is 14.0. The van der Waals surface area contributed by atoms with Gasteiger partial charge in [0.1, 0.15) is 6.10 Å². The molecule has 4 rings (SSSR count). The van der Waals surface area contributed by atoms with Crippen molar-refractivity contribution in [2.45, 2.75) is 75.4 Å². The molecule has 2 aromatic rings. The molecule has 2 aliphatic rings. The summed E-state index contributed by atoms with van der Waals surface area (Å²) in [5, 5.41) is 34.8. The number of non-ortho nitro benzene ring substituents is 1. The number of ether oxygens (including phenoxy) is 3. The van der Waals surface area contributed by atoms with Gasteiger partial charge in [-0.2, -0.15) is 9.57 Å². The van der Waals surface area contributed by atoms with Crippen molar-refractivity contribution < 1.29 is 37.5 Å². The van der Waals surface area contributed by atoms with Crippen LogP contribution in [0, 0.1) is 32.8 Å². The van der Waals surface area contributed by atoms with Gasteiger partial charge in [0.15, 0.2) is 6.29 Å². The van der Waals surface area contributed by atoms with Gasteiger partial charge in [-0.1, -0.05) is 50.2 Å². The van der Waals surface area contributed by atoms with E-state index in [9.17, 15) is 28.4 Å². The second kappa shape index (κ2) is 15.1. The van der Waals surface area contributed by atoms with Gasteiger partial charge >= 0.3 is 6.09 Å². The Bertz CT molecular complexity index is 1460. The van der Waals surface area contributed by atoms with E-state index in [2.05, 4.69) is 11.4 Å². The molecule has 2 N–H and O–H groups in total. The van der Waals surface area contributed by atoms with E-state index in [0.717, 1.165) is 15.9 Å². The van der Waals surface area contributed by atoms with Crippen LogP contribution in [0.15, 0.2) is 59.5 Å². The molecule has 0 unspecified atom stereocenters. The largest absolute Gasteiger partial charge is 0.443 e. The van der Waals surface area contributed by atoms with E-state index in [-0.39, 0.29) is 36.1 Å². The Labute approximate surface area is 263 Å². The number of unbranched alkanes of at least 4 members (excludes halogenated alkanes) is 1. The number of nitro groups is 1. The van der Waals surface area contributed by atoms with Gasteiger partial charge < -0.3 is 24.6 Å². The lowest BCUT2D eigenvalue weighted by atomic mass is 9.87. The Morgan fingerprint density at radius 3 is 2.71 bits per heavy atom. The van der Waals surface area contributed by atoms with Gasteiger partial charge in [0.05, 0.1) is 47.2 Å². The number of nitrogens with one attached hydrogen (secondary N) is 1. The van der Waals surface area contributed by atoms with E-state index in [1.54, 1.807) is 0 Å². The van der Waals surface area contributed by atoms with Crippen molar-refractivity contribution in [3.05, 3.63) is 70.3 Å². The molecule has 0 bridgehead atoms. The molecule has 0 aromatic heterocycles. The van der Waals surface area contributed by atoms with Crippen molar-refractivity contribution in [1.29, 1.82) is 5.26 Å². The maximum Gasteiger partial charge on any atom is 0.407 e. The minimum Gasteiger partial charge on any atom is -0.443 e. The van der Waals surface area contributed by atoms with Gasteiger partial charge in [-0.3, -0.25) is 10.1 Å². The van der Waals surface area contributed by atoms with Crippen molar-refractivity contribution in [3.8, 4) is 6.07 Å². The van der Waals surface area contributed by atoms with Gasteiger partial charge in [-0.15, -0.1) is 0 Å². The fourth-order valence-corrected chi connectivity index (χ4v) is 7.40. The highest BCUT2D eigenvalue weighted by molar-refractivity contribution is 7.89. The summed E-state index contributed by atoms with van der Waals surface area (Å²) in [6, 6.07) is 15.0. The normalized spacial score (nSPS) is 21.1. The molecule has 45 heavy (non-hydrogen) atoms. The lowest BCUT2D eigenvalue weighted by Crippen LogP contribution is -2.52. The van der Waals surface area contributed by atoms with Crippen molar-refractivity contribution in [1.82, 2.24) is 9.62 Å². The predicted molar refractivity (Wildman–Crippen MR) is 162 cm³/mol. The van der Waals surface area contributed by atoms with E-state index in [4.69, 9.17) is 19.5 Å². The Kier molecular flexibility index (Phi) is 11.5. The molecule has 2 heterocycles. The van der Waals surface area contributed by atoms with Crippen molar-refractivity contribution in [2.75, 3.05) is 26.3 Å². The number of nitro benzene ring substituents is 1. The SMILES string of the molecule is CC(C)(CCCC#N)CN(C[C@H](O)[C@H](Cc1ccccc1)NC(=O)O[C@H]1CO[C@H]2OCC[C@H]21)S(=O)(=O)c1cccc([N+](=O)[O-])c1. The smallest absolute Gasteiger partial charge is 0.407 e. The Morgan fingerprint density at radius 2 is 2.00 bits per heavy atom.